The van der Waals surface area contributed by atoms with Crippen LogP contribution in [0.15, 0.2) is 186 Å². The summed E-state index contributed by atoms with van der Waals surface area (Å²) in [7, 11) is 0. The standard InChI is InChI=1S/C37H28N2.C10H8.C7H13N/c1-24-11-3-4-14-28(24)23-38-36-21-27-13-6-9-17-34(27)39-25(2)32(30-16-8-10-18-35(30)39)22-33(36)31-20-19-26-12-5-7-15-29(26)37(31)38;1-2-6-10-8-4-3-7-9(10)5-1;1-5-6(2)7(3)8-4/h3-22H,23H2,1-2H3;1-8H;4-5H2,1-3H3. The van der Waals surface area contributed by atoms with Gasteiger partial charge in [0.2, 0.25) is 0 Å². The molecule has 10 aromatic rings. The third-order valence-corrected chi connectivity index (χ3v) is 11.6. The quantitative estimate of drug-likeness (QED) is 0.160. The molecule has 7 aromatic carbocycles. The summed E-state index contributed by atoms with van der Waals surface area (Å²) in [5.41, 5.74) is 11.3. The monoisotopic (exact) mass is 739 g/mol. The van der Waals surface area contributed by atoms with E-state index in [0.29, 0.717) is 0 Å². The van der Waals surface area contributed by atoms with E-state index in [0.717, 1.165) is 18.7 Å². The Morgan fingerprint density at radius 1 is 0.509 bits per heavy atom. The van der Waals surface area contributed by atoms with Gasteiger partial charge >= 0.3 is 0 Å². The second-order valence-electron chi connectivity index (χ2n) is 14.9. The minimum atomic E-state index is 0.817. The Kier molecular flexibility index (Phi) is 10.6. The van der Waals surface area contributed by atoms with Crippen LogP contribution in [0.5, 0.6) is 0 Å². The lowest BCUT2D eigenvalue weighted by molar-refractivity contribution is 0.864. The van der Waals surface area contributed by atoms with E-state index in [1.807, 2.05) is 6.92 Å². The molecule has 3 nitrogen and oxygen atoms in total. The van der Waals surface area contributed by atoms with Crippen molar-refractivity contribution in [2.75, 3.05) is 0 Å². The van der Waals surface area contributed by atoms with Crippen LogP contribution in [-0.2, 0) is 6.54 Å². The van der Waals surface area contributed by atoms with Gasteiger partial charge in [0.25, 0.3) is 0 Å². The van der Waals surface area contributed by atoms with E-state index in [1.54, 1.807) is 0 Å². The lowest BCUT2D eigenvalue weighted by Gasteiger charge is -2.12. The predicted octanol–water partition coefficient (Wildman–Crippen LogP) is 15.0. The van der Waals surface area contributed by atoms with Gasteiger partial charge < -0.3 is 8.97 Å². The highest BCUT2D eigenvalue weighted by atomic mass is 15.0. The van der Waals surface area contributed by atoms with E-state index in [2.05, 4.69) is 218 Å². The molecule has 0 saturated carbocycles. The zero-order chi connectivity index (χ0) is 39.5. The number of allylic oxidation sites excluding steroid dienone is 2. The predicted molar refractivity (Wildman–Crippen MR) is 249 cm³/mol. The lowest BCUT2D eigenvalue weighted by atomic mass is 10.0. The largest absolute Gasteiger partial charge is 0.335 e. The van der Waals surface area contributed by atoms with E-state index in [-0.39, 0.29) is 0 Å². The molecule has 0 aliphatic heterocycles. The number of benzene rings is 7. The first-order valence-corrected chi connectivity index (χ1v) is 19.9. The van der Waals surface area contributed by atoms with E-state index < -0.39 is 0 Å². The number of rotatable bonds is 4. The van der Waals surface area contributed by atoms with Crippen molar-refractivity contribution in [2.24, 2.45) is 4.99 Å². The maximum Gasteiger partial charge on any atom is 0.0574 e. The Morgan fingerprint density at radius 3 is 1.70 bits per heavy atom. The summed E-state index contributed by atoms with van der Waals surface area (Å²) in [6.45, 7) is 14.9. The summed E-state index contributed by atoms with van der Waals surface area (Å²) in [6.07, 6.45) is 1.07. The molecule has 0 unspecified atom stereocenters. The second-order valence-corrected chi connectivity index (χ2v) is 14.9. The molecule has 3 aromatic heterocycles. The second kappa shape index (κ2) is 16.2. The highest BCUT2D eigenvalue weighted by molar-refractivity contribution is 6.19. The third kappa shape index (κ3) is 7.14. The van der Waals surface area contributed by atoms with Gasteiger partial charge in [0.05, 0.1) is 22.1 Å². The molecule has 57 heavy (non-hydrogen) atoms. The van der Waals surface area contributed by atoms with Crippen molar-refractivity contribution in [3.05, 3.63) is 198 Å². The number of para-hydroxylation sites is 2. The first-order valence-electron chi connectivity index (χ1n) is 19.9. The molecular formula is C54H49N3. The number of nitrogens with zero attached hydrogens (tertiary/aromatic N) is 3. The first-order chi connectivity index (χ1) is 27.9. The fourth-order valence-electron chi connectivity index (χ4n) is 8.11. The zero-order valence-electron chi connectivity index (χ0n) is 33.6. The number of aliphatic imine (C=N–C) groups is 1. The first kappa shape index (κ1) is 37.2. The van der Waals surface area contributed by atoms with Crippen molar-refractivity contribution in [2.45, 2.75) is 47.6 Å². The zero-order valence-corrected chi connectivity index (χ0v) is 33.6. The SMILES string of the molecule is C=NC(C)=C(C)CC.Cc1ccccc1Cn1c2cc3ccccc3n3c(C)c(cc2c2ccc4ccccc4c21)c1ccccc13.c1ccc2ccccc2c1. The molecule has 0 saturated heterocycles. The molecule has 10 rings (SSSR count). The van der Waals surface area contributed by atoms with E-state index in [9.17, 15) is 0 Å². The molecule has 0 aliphatic carbocycles. The topological polar surface area (TPSA) is 21.7 Å². The Labute approximate surface area is 335 Å². The minimum absolute atomic E-state index is 0.817. The van der Waals surface area contributed by atoms with Crippen molar-refractivity contribution in [1.29, 1.82) is 0 Å². The molecular weight excluding hydrogens is 691 g/mol. The van der Waals surface area contributed by atoms with Crippen molar-refractivity contribution in [1.82, 2.24) is 8.97 Å². The van der Waals surface area contributed by atoms with Gasteiger partial charge in [-0.05, 0) is 92.4 Å². The van der Waals surface area contributed by atoms with Gasteiger partial charge in [0.15, 0.2) is 0 Å². The average Bonchev–Trinajstić information content (AvgIpc) is 3.72. The number of fused-ring (bicyclic) bond motifs is 13. The van der Waals surface area contributed by atoms with Crippen molar-refractivity contribution in [3.8, 4) is 0 Å². The summed E-state index contributed by atoms with van der Waals surface area (Å²) in [5, 5.41) is 11.6. The molecule has 0 fully saturated rings. The Morgan fingerprint density at radius 2 is 1.07 bits per heavy atom. The minimum Gasteiger partial charge on any atom is -0.335 e. The Balaban J connectivity index is 0.000000209. The molecule has 0 N–H and O–H groups in total. The normalized spacial score (nSPS) is 11.7. The Hall–Kier alpha value is -6.71. The number of hydrogen-bond donors (Lipinski definition) is 0. The maximum atomic E-state index is 3.79. The Bertz CT molecular complexity index is 3090. The molecule has 2 bridgehead atoms. The third-order valence-electron chi connectivity index (χ3n) is 11.6. The molecule has 0 spiro atoms. The van der Waals surface area contributed by atoms with Crippen molar-refractivity contribution in [3.63, 3.8) is 0 Å². The van der Waals surface area contributed by atoms with E-state index in [4.69, 9.17) is 0 Å². The molecule has 0 atom stereocenters. The highest BCUT2D eigenvalue weighted by Gasteiger charge is 2.17. The van der Waals surface area contributed by atoms with Crippen molar-refractivity contribution < 1.29 is 0 Å². The molecule has 3 heteroatoms. The number of hydrogen-bond acceptors (Lipinski definition) is 1. The van der Waals surface area contributed by atoms with Crippen LogP contribution < -0.4 is 0 Å². The molecule has 0 radical (unpaired) electrons. The highest BCUT2D eigenvalue weighted by Crippen LogP contribution is 2.38. The molecule has 3 heterocycles. The van der Waals surface area contributed by atoms with Gasteiger partial charge in [-0.3, -0.25) is 4.99 Å². The summed E-state index contributed by atoms with van der Waals surface area (Å²) in [4.78, 5) is 3.79. The average molecular weight is 740 g/mol. The summed E-state index contributed by atoms with van der Waals surface area (Å²) in [6, 6.07) is 61.4. The van der Waals surface area contributed by atoms with Crippen LogP contribution in [0.1, 0.15) is 44.0 Å². The lowest BCUT2D eigenvalue weighted by Crippen LogP contribution is -2.01. The molecule has 280 valence electrons. The summed E-state index contributed by atoms with van der Waals surface area (Å²) < 4.78 is 4.99. The van der Waals surface area contributed by atoms with Gasteiger partial charge in [-0.25, -0.2) is 0 Å². The molecule has 0 aliphatic rings. The number of aromatic nitrogens is 2. The summed E-state index contributed by atoms with van der Waals surface area (Å²) in [5.74, 6) is 0. The molecule has 0 amide bonds. The van der Waals surface area contributed by atoms with Crippen LogP contribution in [0.2, 0.25) is 0 Å². The van der Waals surface area contributed by atoms with Gasteiger partial charge in [0, 0.05) is 50.3 Å². The van der Waals surface area contributed by atoms with Crippen LogP contribution >= 0.6 is 0 Å². The fourth-order valence-corrected chi connectivity index (χ4v) is 8.11. The fraction of sp³-hybridized carbons (Fsp3) is 0.130. The van der Waals surface area contributed by atoms with Crippen LogP contribution in [0.4, 0.5) is 0 Å². The van der Waals surface area contributed by atoms with Crippen LogP contribution in [-0.4, -0.2) is 15.7 Å². The van der Waals surface area contributed by atoms with Gasteiger partial charge in [-0.15, -0.1) is 0 Å². The smallest absolute Gasteiger partial charge is 0.0574 e. The van der Waals surface area contributed by atoms with E-state index in [1.165, 1.54) is 92.9 Å². The van der Waals surface area contributed by atoms with Crippen LogP contribution in [0.25, 0.3) is 70.5 Å². The van der Waals surface area contributed by atoms with Gasteiger partial charge in [-0.2, -0.15) is 0 Å². The van der Waals surface area contributed by atoms with Gasteiger partial charge in [0.1, 0.15) is 0 Å². The van der Waals surface area contributed by atoms with Crippen LogP contribution in [0.3, 0.4) is 0 Å². The number of aryl methyl sites for hydroxylation is 2. The maximum absolute atomic E-state index is 3.79. The van der Waals surface area contributed by atoms with E-state index >= 15 is 0 Å². The van der Waals surface area contributed by atoms with Crippen molar-refractivity contribution >= 4 is 77.3 Å². The van der Waals surface area contributed by atoms with Gasteiger partial charge in [-0.1, -0.05) is 158 Å². The summed E-state index contributed by atoms with van der Waals surface area (Å²) >= 11 is 0. The van der Waals surface area contributed by atoms with Crippen LogP contribution in [0, 0.1) is 13.8 Å².